The van der Waals surface area contributed by atoms with Crippen LogP contribution in [-0.2, 0) is 20.8 Å². The van der Waals surface area contributed by atoms with Crippen molar-refractivity contribution in [1.82, 2.24) is 24.8 Å². The maximum atomic E-state index is 12.9. The van der Waals surface area contributed by atoms with E-state index in [1.54, 1.807) is 26.2 Å². The highest BCUT2D eigenvalue weighted by Crippen LogP contribution is 2.17. The summed E-state index contributed by atoms with van der Waals surface area (Å²) in [6.45, 7) is 6.25. The Morgan fingerprint density at radius 3 is 2.52 bits per heavy atom. The fourth-order valence-electron chi connectivity index (χ4n) is 3.26. The predicted octanol–water partition coefficient (Wildman–Crippen LogP) is 2.47. The van der Waals surface area contributed by atoms with Crippen LogP contribution in [0.5, 0.6) is 0 Å². The number of hydrogen-bond acceptors (Lipinski definition) is 7. The van der Waals surface area contributed by atoms with Crippen LogP contribution in [0.4, 0.5) is 0 Å². The molecule has 9 heteroatoms. The van der Waals surface area contributed by atoms with Crippen LogP contribution < -0.4 is 0 Å². The van der Waals surface area contributed by atoms with Crippen molar-refractivity contribution >= 4 is 23.5 Å². The minimum atomic E-state index is -0.694. The summed E-state index contributed by atoms with van der Waals surface area (Å²) in [7, 11) is 1.63. The highest BCUT2D eigenvalue weighted by atomic mass is 16.5. The zero-order chi connectivity index (χ0) is 22.4. The lowest BCUT2D eigenvalue weighted by atomic mass is 10.1. The summed E-state index contributed by atoms with van der Waals surface area (Å²) in [5.41, 5.74) is 3.17. The van der Waals surface area contributed by atoms with Crippen molar-refractivity contribution in [3.05, 3.63) is 64.7 Å². The highest BCUT2D eigenvalue weighted by Gasteiger charge is 2.21. The maximum absolute atomic E-state index is 12.9. The van der Waals surface area contributed by atoms with Gasteiger partial charge in [0.05, 0.1) is 6.61 Å². The first-order valence-electron chi connectivity index (χ1n) is 9.80. The maximum Gasteiger partial charge on any atom is 0.357 e. The average Bonchev–Trinajstić information content (AvgIpc) is 3.31. The Kier molecular flexibility index (Phi) is 7.09. The van der Waals surface area contributed by atoms with Gasteiger partial charge in [-0.05, 0) is 48.9 Å². The monoisotopic (exact) mass is 423 g/mol. The van der Waals surface area contributed by atoms with Crippen molar-refractivity contribution in [2.45, 2.75) is 27.3 Å². The molecule has 31 heavy (non-hydrogen) atoms. The molecule has 162 valence electrons. The lowest BCUT2D eigenvalue weighted by Gasteiger charge is -2.10. The predicted molar refractivity (Wildman–Crippen MR) is 114 cm³/mol. The van der Waals surface area contributed by atoms with E-state index in [0.717, 1.165) is 17.0 Å². The van der Waals surface area contributed by atoms with E-state index in [2.05, 4.69) is 15.5 Å². The number of aromatic nitrogens is 5. The molecule has 0 N–H and O–H groups in total. The average molecular weight is 423 g/mol. The number of hydrogen-bond donors (Lipinski definition) is 0. The van der Waals surface area contributed by atoms with Gasteiger partial charge >= 0.3 is 5.97 Å². The van der Waals surface area contributed by atoms with Gasteiger partial charge in [-0.25, -0.2) is 4.79 Å². The molecule has 0 saturated carbocycles. The Balaban J connectivity index is 1.78. The number of ketones is 1. The van der Waals surface area contributed by atoms with E-state index in [4.69, 9.17) is 9.47 Å². The molecule has 0 aliphatic carbocycles. The van der Waals surface area contributed by atoms with Crippen molar-refractivity contribution in [3.63, 3.8) is 0 Å². The quantitative estimate of drug-likeness (QED) is 0.296. The van der Waals surface area contributed by atoms with Crippen molar-refractivity contribution in [1.29, 1.82) is 0 Å². The zero-order valence-electron chi connectivity index (χ0n) is 18.0. The van der Waals surface area contributed by atoms with Gasteiger partial charge in [0.15, 0.2) is 18.1 Å². The number of carbonyl (C=O) groups is 2. The Morgan fingerprint density at radius 1 is 1.13 bits per heavy atom. The van der Waals surface area contributed by atoms with Gasteiger partial charge in [-0.2, -0.15) is 4.68 Å². The number of esters is 1. The number of aryl methyl sites for hydroxylation is 2. The van der Waals surface area contributed by atoms with E-state index in [1.165, 1.54) is 4.68 Å². The fourth-order valence-corrected chi connectivity index (χ4v) is 3.26. The molecule has 3 aromatic rings. The second kappa shape index (κ2) is 9.94. The molecule has 0 atom stereocenters. The molecule has 0 radical (unpaired) electrons. The van der Waals surface area contributed by atoms with Crippen molar-refractivity contribution < 1.29 is 19.1 Å². The van der Waals surface area contributed by atoms with Crippen LogP contribution in [0.25, 0.3) is 11.8 Å². The van der Waals surface area contributed by atoms with Gasteiger partial charge in [-0.3, -0.25) is 4.79 Å². The number of Topliss-reactive ketones (excluding diaryl/α,β-unsaturated/α-hetero) is 1. The SMILES string of the molecule is COCCn1c(C)cc(C(=O)COC(=O)/C(=C/c2ccccc2)n2nnnc2C)c1C. The number of nitrogens with zero attached hydrogens (tertiary/aromatic N) is 5. The normalized spacial score (nSPS) is 11.5. The van der Waals surface area contributed by atoms with Gasteiger partial charge in [0.25, 0.3) is 0 Å². The van der Waals surface area contributed by atoms with Crippen LogP contribution in [0, 0.1) is 20.8 Å². The lowest BCUT2D eigenvalue weighted by molar-refractivity contribution is -0.136. The summed E-state index contributed by atoms with van der Waals surface area (Å²) in [4.78, 5) is 25.6. The molecule has 0 unspecified atom stereocenters. The van der Waals surface area contributed by atoms with Crippen molar-refractivity contribution in [2.24, 2.45) is 0 Å². The molecule has 0 bridgehead atoms. The van der Waals surface area contributed by atoms with Crippen LogP contribution >= 0.6 is 0 Å². The topological polar surface area (TPSA) is 101 Å². The third-order valence-electron chi connectivity index (χ3n) is 4.89. The number of carbonyl (C=O) groups excluding carboxylic acids is 2. The van der Waals surface area contributed by atoms with E-state index in [-0.39, 0.29) is 18.1 Å². The number of methoxy groups -OCH3 is 1. The minimum Gasteiger partial charge on any atom is -0.453 e. The zero-order valence-corrected chi connectivity index (χ0v) is 18.0. The Hall–Kier alpha value is -3.59. The fraction of sp³-hybridized carbons (Fsp3) is 0.318. The number of tetrazole rings is 1. The second-order valence-corrected chi connectivity index (χ2v) is 7.01. The summed E-state index contributed by atoms with van der Waals surface area (Å²) < 4.78 is 13.8. The van der Waals surface area contributed by atoms with E-state index in [9.17, 15) is 9.59 Å². The first kappa shape index (κ1) is 22.1. The van der Waals surface area contributed by atoms with Gasteiger partial charge in [-0.15, -0.1) is 5.10 Å². The Labute approximate surface area is 180 Å². The first-order chi connectivity index (χ1) is 14.9. The molecule has 1 aromatic carbocycles. The third-order valence-corrected chi connectivity index (χ3v) is 4.89. The molecule has 0 aliphatic heterocycles. The largest absolute Gasteiger partial charge is 0.453 e. The van der Waals surface area contributed by atoms with Crippen LogP contribution in [0.2, 0.25) is 0 Å². The Morgan fingerprint density at radius 2 is 1.87 bits per heavy atom. The molecule has 0 aliphatic rings. The summed E-state index contributed by atoms with van der Waals surface area (Å²) in [5, 5.41) is 11.3. The van der Waals surface area contributed by atoms with Crippen LogP contribution in [0.15, 0.2) is 36.4 Å². The molecule has 0 amide bonds. The molecule has 0 saturated heterocycles. The molecule has 3 rings (SSSR count). The van der Waals surface area contributed by atoms with Crippen LogP contribution in [0.1, 0.15) is 33.1 Å². The molecule has 9 nitrogen and oxygen atoms in total. The highest BCUT2D eigenvalue weighted by molar-refractivity contribution is 6.16. The minimum absolute atomic E-state index is 0.118. The van der Waals surface area contributed by atoms with Gasteiger partial charge in [0.2, 0.25) is 5.78 Å². The second-order valence-electron chi connectivity index (χ2n) is 7.01. The van der Waals surface area contributed by atoms with Gasteiger partial charge < -0.3 is 14.0 Å². The molecule has 0 fully saturated rings. The summed E-state index contributed by atoms with van der Waals surface area (Å²) in [5.74, 6) is -0.550. The summed E-state index contributed by atoms with van der Waals surface area (Å²) >= 11 is 0. The van der Waals surface area contributed by atoms with E-state index < -0.39 is 5.97 Å². The van der Waals surface area contributed by atoms with E-state index >= 15 is 0 Å². The number of ether oxygens (including phenoxy) is 2. The summed E-state index contributed by atoms with van der Waals surface area (Å²) in [6, 6.07) is 11.1. The van der Waals surface area contributed by atoms with Crippen LogP contribution in [-0.4, -0.2) is 56.9 Å². The molecule has 0 spiro atoms. The first-order valence-corrected chi connectivity index (χ1v) is 9.80. The van der Waals surface area contributed by atoms with E-state index in [0.29, 0.717) is 24.5 Å². The molecule has 2 aromatic heterocycles. The van der Waals surface area contributed by atoms with Crippen molar-refractivity contribution in [2.75, 3.05) is 20.3 Å². The van der Waals surface area contributed by atoms with Gasteiger partial charge in [0.1, 0.15) is 0 Å². The lowest BCUT2D eigenvalue weighted by Crippen LogP contribution is -2.19. The van der Waals surface area contributed by atoms with Gasteiger partial charge in [0, 0.05) is 30.6 Å². The summed E-state index contributed by atoms with van der Waals surface area (Å²) in [6.07, 6.45) is 1.62. The van der Waals surface area contributed by atoms with Crippen LogP contribution in [0.3, 0.4) is 0 Å². The smallest absolute Gasteiger partial charge is 0.357 e. The van der Waals surface area contributed by atoms with Gasteiger partial charge in [-0.1, -0.05) is 30.3 Å². The molecule has 2 heterocycles. The van der Waals surface area contributed by atoms with Crippen molar-refractivity contribution in [3.8, 4) is 0 Å². The van der Waals surface area contributed by atoms with E-state index in [1.807, 2.05) is 48.7 Å². The Bertz CT molecular complexity index is 1100. The standard InChI is InChI=1S/C22H25N5O4/c1-15-12-19(16(2)26(15)10-11-30-4)21(28)14-31-22(29)20(27-17(3)23-24-25-27)13-18-8-6-5-7-9-18/h5-9,12-13H,10-11,14H2,1-4H3/b20-13-. The number of benzene rings is 1. The molecular weight excluding hydrogens is 398 g/mol. The third kappa shape index (κ3) is 5.13. The number of rotatable bonds is 9. The molecular formula is C22H25N5O4.